The molecule has 1 aliphatic rings. The second-order valence-electron chi connectivity index (χ2n) is 5.93. The van der Waals surface area contributed by atoms with Crippen LogP contribution in [0.2, 0.25) is 0 Å². The molecule has 1 unspecified atom stereocenters. The standard InChI is InChI=1S/C18H18F3NO2/c1-11(12-3-4-16(20)17(21)7-12)22(2)8-13-5-15(19)6-14-9-23-10-24-18(13)14/h3-7,11H,8-10H2,1-2H3. The van der Waals surface area contributed by atoms with Crippen molar-refractivity contribution in [3.8, 4) is 5.75 Å². The van der Waals surface area contributed by atoms with E-state index < -0.39 is 11.6 Å². The molecular formula is C18H18F3NO2. The third-order valence-electron chi connectivity index (χ3n) is 4.26. The highest BCUT2D eigenvalue weighted by Gasteiger charge is 2.20. The summed E-state index contributed by atoms with van der Waals surface area (Å²) in [5.74, 6) is -1.48. The Morgan fingerprint density at radius 1 is 1.12 bits per heavy atom. The summed E-state index contributed by atoms with van der Waals surface area (Å²) in [4.78, 5) is 1.92. The smallest absolute Gasteiger partial charge is 0.189 e. The number of ether oxygens (including phenoxy) is 2. The number of hydrogen-bond donors (Lipinski definition) is 0. The first kappa shape index (κ1) is 16.8. The van der Waals surface area contributed by atoms with Crippen molar-refractivity contribution in [2.45, 2.75) is 26.1 Å². The number of nitrogens with zero attached hydrogens (tertiary/aromatic N) is 1. The lowest BCUT2D eigenvalue weighted by atomic mass is 10.0. The maximum atomic E-state index is 13.8. The molecule has 128 valence electrons. The van der Waals surface area contributed by atoms with Gasteiger partial charge in [0.1, 0.15) is 11.6 Å². The monoisotopic (exact) mass is 337 g/mol. The highest BCUT2D eigenvalue weighted by molar-refractivity contribution is 5.42. The maximum Gasteiger partial charge on any atom is 0.189 e. The predicted octanol–water partition coefficient (Wildman–Crippen LogP) is 4.16. The van der Waals surface area contributed by atoms with Gasteiger partial charge in [-0.3, -0.25) is 4.90 Å². The summed E-state index contributed by atoms with van der Waals surface area (Å²) >= 11 is 0. The fourth-order valence-electron chi connectivity index (χ4n) is 2.81. The maximum absolute atomic E-state index is 13.8. The molecule has 0 fully saturated rings. The van der Waals surface area contributed by atoms with E-state index >= 15 is 0 Å². The predicted molar refractivity (Wildman–Crippen MR) is 82.9 cm³/mol. The molecule has 3 nitrogen and oxygen atoms in total. The molecule has 0 bridgehead atoms. The Labute approximate surface area is 138 Å². The first-order valence-electron chi connectivity index (χ1n) is 7.62. The highest BCUT2D eigenvalue weighted by Crippen LogP contribution is 2.32. The largest absolute Gasteiger partial charge is 0.467 e. The Bertz CT molecular complexity index is 751. The first-order chi connectivity index (χ1) is 11.5. The van der Waals surface area contributed by atoms with E-state index in [0.717, 1.165) is 6.07 Å². The fraction of sp³-hybridized carbons (Fsp3) is 0.333. The van der Waals surface area contributed by atoms with Crippen molar-refractivity contribution in [2.24, 2.45) is 0 Å². The molecule has 6 heteroatoms. The van der Waals surface area contributed by atoms with E-state index in [1.54, 1.807) is 6.07 Å². The van der Waals surface area contributed by atoms with Crippen molar-refractivity contribution in [1.82, 2.24) is 4.90 Å². The molecule has 2 aromatic carbocycles. The molecule has 3 rings (SSSR count). The molecular weight excluding hydrogens is 319 g/mol. The lowest BCUT2D eigenvalue weighted by Gasteiger charge is -2.28. The summed E-state index contributed by atoms with van der Waals surface area (Å²) in [6.07, 6.45) is 0. The lowest BCUT2D eigenvalue weighted by Crippen LogP contribution is -2.23. The zero-order valence-electron chi connectivity index (χ0n) is 13.5. The topological polar surface area (TPSA) is 21.7 Å². The van der Waals surface area contributed by atoms with Gasteiger partial charge in [-0.1, -0.05) is 6.07 Å². The van der Waals surface area contributed by atoms with Gasteiger partial charge in [-0.05, 0) is 43.8 Å². The van der Waals surface area contributed by atoms with Gasteiger partial charge in [-0.2, -0.15) is 0 Å². The molecule has 0 spiro atoms. The minimum atomic E-state index is -0.878. The Kier molecular flexibility index (Phi) is 4.78. The average Bonchev–Trinajstić information content (AvgIpc) is 2.56. The first-order valence-corrected chi connectivity index (χ1v) is 7.62. The number of benzene rings is 2. The van der Waals surface area contributed by atoms with Crippen LogP contribution in [-0.4, -0.2) is 18.7 Å². The van der Waals surface area contributed by atoms with Gasteiger partial charge < -0.3 is 9.47 Å². The molecule has 0 amide bonds. The van der Waals surface area contributed by atoms with Gasteiger partial charge >= 0.3 is 0 Å². The van der Waals surface area contributed by atoms with Crippen LogP contribution in [0.4, 0.5) is 13.2 Å². The molecule has 0 aliphatic carbocycles. The van der Waals surface area contributed by atoms with E-state index in [0.29, 0.717) is 35.6 Å². The second kappa shape index (κ2) is 6.83. The molecule has 0 N–H and O–H groups in total. The van der Waals surface area contributed by atoms with Crippen LogP contribution in [-0.2, 0) is 17.9 Å². The zero-order chi connectivity index (χ0) is 17.3. The van der Waals surface area contributed by atoms with Gasteiger partial charge in [-0.15, -0.1) is 0 Å². The molecule has 1 atom stereocenters. The fourth-order valence-corrected chi connectivity index (χ4v) is 2.81. The molecule has 2 aromatic rings. The minimum Gasteiger partial charge on any atom is -0.467 e. The van der Waals surface area contributed by atoms with E-state index in [1.165, 1.54) is 18.2 Å². The SMILES string of the molecule is CC(c1ccc(F)c(F)c1)N(C)Cc1cc(F)cc2c1OCOC2. The van der Waals surface area contributed by atoms with Crippen LogP contribution in [0.25, 0.3) is 0 Å². The summed E-state index contributed by atoms with van der Waals surface area (Å²) in [7, 11) is 1.84. The summed E-state index contributed by atoms with van der Waals surface area (Å²) in [5, 5.41) is 0. The molecule has 0 saturated carbocycles. The van der Waals surface area contributed by atoms with Gasteiger partial charge in [0, 0.05) is 23.7 Å². The van der Waals surface area contributed by atoms with Crippen molar-refractivity contribution in [2.75, 3.05) is 13.8 Å². The van der Waals surface area contributed by atoms with Crippen LogP contribution >= 0.6 is 0 Å². The Morgan fingerprint density at radius 2 is 1.92 bits per heavy atom. The van der Waals surface area contributed by atoms with Crippen molar-refractivity contribution in [1.29, 1.82) is 0 Å². The van der Waals surface area contributed by atoms with Crippen LogP contribution in [0.1, 0.15) is 29.7 Å². The molecule has 0 saturated heterocycles. The Balaban J connectivity index is 1.82. The molecule has 0 radical (unpaired) electrons. The summed E-state index contributed by atoms with van der Waals surface area (Å²) in [5.41, 5.74) is 2.02. The lowest BCUT2D eigenvalue weighted by molar-refractivity contribution is -0.0177. The number of halogens is 3. The third-order valence-corrected chi connectivity index (χ3v) is 4.26. The summed E-state index contributed by atoms with van der Waals surface area (Å²) in [6, 6.07) is 6.49. The van der Waals surface area contributed by atoms with Crippen LogP contribution < -0.4 is 4.74 Å². The van der Waals surface area contributed by atoms with Gasteiger partial charge in [0.2, 0.25) is 0 Å². The zero-order valence-corrected chi connectivity index (χ0v) is 13.5. The van der Waals surface area contributed by atoms with E-state index in [4.69, 9.17) is 9.47 Å². The van der Waals surface area contributed by atoms with Gasteiger partial charge in [0.25, 0.3) is 0 Å². The normalized spacial score (nSPS) is 15.1. The van der Waals surface area contributed by atoms with Gasteiger partial charge in [-0.25, -0.2) is 13.2 Å². The van der Waals surface area contributed by atoms with Gasteiger partial charge in [0.15, 0.2) is 18.4 Å². The van der Waals surface area contributed by atoms with E-state index in [9.17, 15) is 13.2 Å². The number of fused-ring (bicyclic) bond motifs is 1. The van der Waals surface area contributed by atoms with Gasteiger partial charge in [0.05, 0.1) is 6.61 Å². The Hall–Kier alpha value is -2.05. The van der Waals surface area contributed by atoms with Crippen molar-refractivity contribution < 1.29 is 22.6 Å². The minimum absolute atomic E-state index is 0.133. The van der Waals surface area contributed by atoms with Crippen molar-refractivity contribution >= 4 is 0 Å². The quantitative estimate of drug-likeness (QED) is 0.836. The van der Waals surface area contributed by atoms with Crippen LogP contribution in [0.5, 0.6) is 5.75 Å². The van der Waals surface area contributed by atoms with Crippen LogP contribution in [0, 0.1) is 17.5 Å². The highest BCUT2D eigenvalue weighted by atomic mass is 19.2. The van der Waals surface area contributed by atoms with E-state index in [2.05, 4.69) is 0 Å². The molecule has 1 heterocycles. The van der Waals surface area contributed by atoms with Crippen LogP contribution in [0.15, 0.2) is 30.3 Å². The molecule has 1 aliphatic heterocycles. The Morgan fingerprint density at radius 3 is 2.67 bits per heavy atom. The second-order valence-corrected chi connectivity index (χ2v) is 5.93. The number of rotatable bonds is 4. The van der Waals surface area contributed by atoms with E-state index in [-0.39, 0.29) is 18.7 Å². The number of hydrogen-bond acceptors (Lipinski definition) is 3. The van der Waals surface area contributed by atoms with Crippen molar-refractivity contribution in [3.05, 3.63) is 64.5 Å². The summed E-state index contributed by atoms with van der Waals surface area (Å²) in [6.45, 7) is 2.72. The third kappa shape index (κ3) is 3.39. The average molecular weight is 337 g/mol. The van der Waals surface area contributed by atoms with Crippen molar-refractivity contribution in [3.63, 3.8) is 0 Å². The molecule has 0 aromatic heterocycles. The van der Waals surface area contributed by atoms with Crippen LogP contribution in [0.3, 0.4) is 0 Å². The molecule has 24 heavy (non-hydrogen) atoms. The van der Waals surface area contributed by atoms with E-state index in [1.807, 2.05) is 18.9 Å². The summed E-state index contributed by atoms with van der Waals surface area (Å²) < 4.78 is 51.0.